The van der Waals surface area contributed by atoms with Gasteiger partial charge in [0.15, 0.2) is 17.5 Å². The average Bonchev–Trinajstić information content (AvgIpc) is 2.67. The van der Waals surface area contributed by atoms with Crippen molar-refractivity contribution in [2.75, 3.05) is 27.8 Å². The Labute approximate surface area is 161 Å². The number of benzene rings is 2. The molecule has 2 aromatic carbocycles. The monoisotopic (exact) mass is 371 g/mol. The minimum absolute atomic E-state index is 0.00595. The van der Waals surface area contributed by atoms with Crippen LogP contribution in [0.5, 0.6) is 17.2 Å². The van der Waals surface area contributed by atoms with Gasteiger partial charge in [0, 0.05) is 13.6 Å². The normalized spacial score (nSPS) is 12.3. The van der Waals surface area contributed by atoms with Crippen molar-refractivity contribution in [3.63, 3.8) is 0 Å². The van der Waals surface area contributed by atoms with E-state index in [0.717, 1.165) is 11.3 Å². The molecule has 0 aliphatic carbocycles. The molecule has 1 unspecified atom stereocenters. The summed E-state index contributed by atoms with van der Waals surface area (Å²) < 4.78 is 16.5. The first-order valence-corrected chi connectivity index (χ1v) is 8.94. The molecule has 0 aromatic heterocycles. The van der Waals surface area contributed by atoms with Crippen molar-refractivity contribution >= 4 is 5.96 Å². The van der Waals surface area contributed by atoms with Gasteiger partial charge in [-0.3, -0.25) is 4.99 Å². The Bertz CT molecular complexity index is 762. The number of nitrogens with zero attached hydrogens (tertiary/aromatic N) is 1. The van der Waals surface area contributed by atoms with Crippen molar-refractivity contribution in [2.45, 2.75) is 26.5 Å². The summed E-state index contributed by atoms with van der Waals surface area (Å²) in [5, 5.41) is 6.57. The SMILES string of the molecule is CN=C(NCc1ccc(OC)c(OC)c1)NCC(C)Oc1cccc(C)c1. The molecule has 0 aliphatic rings. The molecule has 0 aliphatic heterocycles. The van der Waals surface area contributed by atoms with E-state index >= 15 is 0 Å². The van der Waals surface area contributed by atoms with Crippen LogP contribution in [-0.2, 0) is 6.54 Å². The standard InChI is InChI=1S/C21H29N3O3/c1-15-7-6-8-18(11-15)27-16(2)13-23-21(22-3)24-14-17-9-10-19(25-4)20(12-17)26-5/h6-12,16H,13-14H2,1-5H3,(H2,22,23,24). The van der Waals surface area contributed by atoms with E-state index in [4.69, 9.17) is 14.2 Å². The highest BCUT2D eigenvalue weighted by Crippen LogP contribution is 2.27. The van der Waals surface area contributed by atoms with E-state index in [0.29, 0.717) is 30.5 Å². The molecule has 0 saturated carbocycles. The molecule has 0 radical (unpaired) electrons. The lowest BCUT2D eigenvalue weighted by Crippen LogP contribution is -2.41. The second-order valence-electron chi connectivity index (χ2n) is 6.24. The number of aryl methyl sites for hydroxylation is 1. The van der Waals surface area contributed by atoms with Gasteiger partial charge < -0.3 is 24.8 Å². The highest BCUT2D eigenvalue weighted by molar-refractivity contribution is 5.79. The molecule has 0 bridgehead atoms. The summed E-state index contributed by atoms with van der Waals surface area (Å²) in [7, 11) is 5.00. The summed E-state index contributed by atoms with van der Waals surface area (Å²) >= 11 is 0. The fraction of sp³-hybridized carbons (Fsp3) is 0.381. The molecule has 1 atom stereocenters. The van der Waals surface area contributed by atoms with Crippen LogP contribution >= 0.6 is 0 Å². The van der Waals surface area contributed by atoms with Crippen molar-refractivity contribution in [3.8, 4) is 17.2 Å². The van der Waals surface area contributed by atoms with Gasteiger partial charge in [-0.05, 0) is 49.2 Å². The van der Waals surface area contributed by atoms with Crippen LogP contribution in [0.15, 0.2) is 47.5 Å². The minimum Gasteiger partial charge on any atom is -0.493 e. The van der Waals surface area contributed by atoms with E-state index in [1.807, 2.05) is 43.3 Å². The maximum atomic E-state index is 5.93. The summed E-state index contributed by atoms with van der Waals surface area (Å²) in [6, 6.07) is 13.9. The molecule has 0 saturated heterocycles. The summed E-state index contributed by atoms with van der Waals surface area (Å²) in [6.45, 7) is 5.33. The molecule has 2 N–H and O–H groups in total. The number of nitrogens with one attached hydrogen (secondary N) is 2. The van der Waals surface area contributed by atoms with E-state index in [1.54, 1.807) is 21.3 Å². The smallest absolute Gasteiger partial charge is 0.191 e. The molecule has 0 fully saturated rings. The molecule has 0 heterocycles. The summed E-state index contributed by atoms with van der Waals surface area (Å²) in [4.78, 5) is 4.26. The molecular formula is C21H29N3O3. The summed E-state index contributed by atoms with van der Waals surface area (Å²) in [5.41, 5.74) is 2.25. The van der Waals surface area contributed by atoms with Crippen LogP contribution in [0.3, 0.4) is 0 Å². The molecule has 0 spiro atoms. The maximum absolute atomic E-state index is 5.93. The molecule has 2 aromatic rings. The van der Waals surface area contributed by atoms with E-state index in [2.05, 4.69) is 28.6 Å². The fourth-order valence-corrected chi connectivity index (χ4v) is 2.60. The second kappa shape index (κ2) is 10.3. The van der Waals surface area contributed by atoms with E-state index in [1.165, 1.54) is 5.56 Å². The lowest BCUT2D eigenvalue weighted by Gasteiger charge is -2.18. The largest absolute Gasteiger partial charge is 0.493 e. The second-order valence-corrected chi connectivity index (χ2v) is 6.24. The van der Waals surface area contributed by atoms with E-state index < -0.39 is 0 Å². The fourth-order valence-electron chi connectivity index (χ4n) is 2.60. The first-order valence-electron chi connectivity index (χ1n) is 8.94. The number of hydrogen-bond acceptors (Lipinski definition) is 4. The maximum Gasteiger partial charge on any atom is 0.191 e. The number of aliphatic imine (C=N–C) groups is 1. The van der Waals surface area contributed by atoms with Crippen LogP contribution in [0.1, 0.15) is 18.1 Å². The summed E-state index contributed by atoms with van der Waals surface area (Å²) in [5.74, 6) is 3.01. The van der Waals surface area contributed by atoms with Gasteiger partial charge in [0.05, 0.1) is 20.8 Å². The lowest BCUT2D eigenvalue weighted by molar-refractivity contribution is 0.223. The van der Waals surface area contributed by atoms with Crippen LogP contribution in [-0.4, -0.2) is 39.9 Å². The first-order chi connectivity index (χ1) is 13.0. The zero-order chi connectivity index (χ0) is 19.6. The van der Waals surface area contributed by atoms with E-state index in [9.17, 15) is 0 Å². The number of rotatable bonds is 8. The van der Waals surface area contributed by atoms with Crippen molar-refractivity contribution in [3.05, 3.63) is 53.6 Å². The van der Waals surface area contributed by atoms with Crippen molar-refractivity contribution in [1.82, 2.24) is 10.6 Å². The predicted molar refractivity (Wildman–Crippen MR) is 109 cm³/mol. The first kappa shape index (κ1) is 20.4. The van der Waals surface area contributed by atoms with E-state index in [-0.39, 0.29) is 6.10 Å². The molecule has 6 heteroatoms. The van der Waals surface area contributed by atoms with Gasteiger partial charge in [-0.1, -0.05) is 18.2 Å². The third-order valence-corrected chi connectivity index (χ3v) is 4.02. The Morgan fingerprint density at radius 2 is 1.81 bits per heavy atom. The number of guanidine groups is 1. The number of hydrogen-bond donors (Lipinski definition) is 2. The molecular weight excluding hydrogens is 342 g/mol. The number of ether oxygens (including phenoxy) is 3. The Morgan fingerprint density at radius 1 is 1.04 bits per heavy atom. The van der Waals surface area contributed by atoms with Crippen LogP contribution in [0, 0.1) is 6.92 Å². The average molecular weight is 371 g/mol. The summed E-state index contributed by atoms with van der Waals surface area (Å²) in [6.07, 6.45) is 0.00595. The molecule has 6 nitrogen and oxygen atoms in total. The zero-order valence-electron chi connectivity index (χ0n) is 16.7. The van der Waals surface area contributed by atoms with Gasteiger partial charge >= 0.3 is 0 Å². The topological polar surface area (TPSA) is 64.1 Å². The third kappa shape index (κ3) is 6.40. The Balaban J connectivity index is 1.83. The highest BCUT2D eigenvalue weighted by Gasteiger charge is 2.08. The molecule has 146 valence electrons. The van der Waals surface area contributed by atoms with Gasteiger partial charge in [-0.2, -0.15) is 0 Å². The minimum atomic E-state index is 0.00595. The van der Waals surface area contributed by atoms with Crippen molar-refractivity contribution in [1.29, 1.82) is 0 Å². The van der Waals surface area contributed by atoms with Gasteiger partial charge in [-0.25, -0.2) is 0 Å². The Morgan fingerprint density at radius 3 is 2.48 bits per heavy atom. The lowest BCUT2D eigenvalue weighted by atomic mass is 10.2. The van der Waals surface area contributed by atoms with Gasteiger partial charge in [0.25, 0.3) is 0 Å². The quantitative estimate of drug-likeness (QED) is 0.551. The number of methoxy groups -OCH3 is 2. The van der Waals surface area contributed by atoms with Crippen LogP contribution in [0.2, 0.25) is 0 Å². The van der Waals surface area contributed by atoms with Gasteiger partial charge in [0.1, 0.15) is 11.9 Å². The van der Waals surface area contributed by atoms with Crippen molar-refractivity contribution in [2.24, 2.45) is 4.99 Å². The van der Waals surface area contributed by atoms with Crippen LogP contribution < -0.4 is 24.8 Å². The van der Waals surface area contributed by atoms with Gasteiger partial charge in [0.2, 0.25) is 0 Å². The zero-order valence-corrected chi connectivity index (χ0v) is 16.7. The highest BCUT2D eigenvalue weighted by atomic mass is 16.5. The molecule has 2 rings (SSSR count). The predicted octanol–water partition coefficient (Wildman–Crippen LogP) is 3.14. The molecule has 0 amide bonds. The van der Waals surface area contributed by atoms with Crippen LogP contribution in [0.4, 0.5) is 0 Å². The third-order valence-electron chi connectivity index (χ3n) is 4.02. The van der Waals surface area contributed by atoms with Gasteiger partial charge in [-0.15, -0.1) is 0 Å². The Hall–Kier alpha value is -2.89. The molecule has 27 heavy (non-hydrogen) atoms. The van der Waals surface area contributed by atoms with Crippen molar-refractivity contribution < 1.29 is 14.2 Å². The Kier molecular flexibility index (Phi) is 7.79. The van der Waals surface area contributed by atoms with Crippen LogP contribution in [0.25, 0.3) is 0 Å².